The number of amides is 1. The van der Waals surface area contributed by atoms with Gasteiger partial charge in [-0.15, -0.1) is 12.6 Å². The number of carbonyl (C=O) groups is 1. The van der Waals surface area contributed by atoms with Crippen LogP contribution in [0.15, 0.2) is 29.2 Å². The lowest BCUT2D eigenvalue weighted by Gasteiger charge is -2.12. The Hall–Kier alpha value is -1.07. The van der Waals surface area contributed by atoms with Gasteiger partial charge in [-0.05, 0) is 24.4 Å². The molecular weight excluding hydrogens is 240 g/mol. The zero-order chi connectivity index (χ0) is 12.1. The molecule has 0 saturated heterocycles. The summed E-state index contributed by atoms with van der Waals surface area (Å²) in [6.07, 6.45) is 0. The van der Waals surface area contributed by atoms with Gasteiger partial charge in [-0.2, -0.15) is 0 Å². The van der Waals surface area contributed by atoms with Crippen LogP contribution < -0.4 is 10.6 Å². The second-order valence-electron chi connectivity index (χ2n) is 3.62. The van der Waals surface area contributed by atoms with E-state index in [-0.39, 0.29) is 11.8 Å². The van der Waals surface area contributed by atoms with Crippen LogP contribution in [0.5, 0.6) is 0 Å². The molecule has 0 unspecified atom stereocenters. The van der Waals surface area contributed by atoms with E-state index in [4.69, 9.17) is 12.2 Å². The number of rotatable bonds is 2. The molecule has 0 heterocycles. The molecule has 3 nitrogen and oxygen atoms in total. The third-order valence-corrected chi connectivity index (χ3v) is 2.51. The van der Waals surface area contributed by atoms with Crippen LogP contribution in [-0.2, 0) is 4.79 Å². The van der Waals surface area contributed by atoms with Crippen molar-refractivity contribution in [2.45, 2.75) is 18.7 Å². The molecule has 0 aromatic heterocycles. The standard InChI is InChI=1S/C11H14N2OS2/c1-7(2)10(14)13-11(16)12-8-5-3-4-6-9(8)15/h3-7,15H,1-2H3,(H2,12,13,14,16). The van der Waals surface area contributed by atoms with E-state index in [2.05, 4.69) is 23.3 Å². The van der Waals surface area contributed by atoms with E-state index >= 15 is 0 Å². The third-order valence-electron chi connectivity index (χ3n) is 1.91. The average molecular weight is 254 g/mol. The fourth-order valence-electron chi connectivity index (χ4n) is 0.989. The Morgan fingerprint density at radius 1 is 1.38 bits per heavy atom. The molecule has 0 atom stereocenters. The number of thiocarbonyl (C=S) groups is 1. The predicted octanol–water partition coefficient (Wildman–Crippen LogP) is 2.44. The maximum Gasteiger partial charge on any atom is 0.228 e. The van der Waals surface area contributed by atoms with E-state index < -0.39 is 0 Å². The minimum atomic E-state index is -0.103. The van der Waals surface area contributed by atoms with E-state index in [9.17, 15) is 4.79 Å². The van der Waals surface area contributed by atoms with Gasteiger partial charge in [0.1, 0.15) is 0 Å². The summed E-state index contributed by atoms with van der Waals surface area (Å²) in [4.78, 5) is 12.2. The zero-order valence-corrected chi connectivity index (χ0v) is 10.9. The van der Waals surface area contributed by atoms with Gasteiger partial charge >= 0.3 is 0 Å². The van der Waals surface area contributed by atoms with Crippen molar-refractivity contribution < 1.29 is 4.79 Å². The lowest BCUT2D eigenvalue weighted by Crippen LogP contribution is -2.36. The molecule has 0 aliphatic heterocycles. The molecule has 0 fully saturated rings. The first-order chi connectivity index (χ1) is 7.50. The molecule has 1 rings (SSSR count). The van der Waals surface area contributed by atoms with Gasteiger partial charge in [0.2, 0.25) is 5.91 Å². The topological polar surface area (TPSA) is 41.1 Å². The van der Waals surface area contributed by atoms with Crippen molar-refractivity contribution >= 4 is 41.6 Å². The summed E-state index contributed by atoms with van der Waals surface area (Å²) in [6, 6.07) is 7.44. The van der Waals surface area contributed by atoms with Crippen LogP contribution in [-0.4, -0.2) is 11.0 Å². The molecule has 0 saturated carbocycles. The number of nitrogens with one attached hydrogen (secondary N) is 2. The summed E-state index contributed by atoms with van der Waals surface area (Å²) in [5.41, 5.74) is 0.778. The molecule has 1 aromatic rings. The fraction of sp³-hybridized carbons (Fsp3) is 0.273. The lowest BCUT2D eigenvalue weighted by atomic mass is 10.2. The number of para-hydroxylation sites is 1. The summed E-state index contributed by atoms with van der Waals surface area (Å²) >= 11 is 9.28. The maximum atomic E-state index is 11.4. The van der Waals surface area contributed by atoms with Crippen molar-refractivity contribution in [3.05, 3.63) is 24.3 Å². The molecule has 86 valence electrons. The van der Waals surface area contributed by atoms with Gasteiger partial charge in [0.05, 0.1) is 5.69 Å². The quantitative estimate of drug-likeness (QED) is 0.561. The Balaban J connectivity index is 2.59. The second-order valence-corrected chi connectivity index (χ2v) is 4.51. The van der Waals surface area contributed by atoms with Crippen molar-refractivity contribution in [1.82, 2.24) is 5.32 Å². The largest absolute Gasteiger partial charge is 0.331 e. The van der Waals surface area contributed by atoms with Crippen LogP contribution in [0.1, 0.15) is 13.8 Å². The van der Waals surface area contributed by atoms with Gasteiger partial charge < -0.3 is 10.6 Å². The number of hydrogen-bond acceptors (Lipinski definition) is 3. The van der Waals surface area contributed by atoms with E-state index in [1.165, 1.54) is 0 Å². The van der Waals surface area contributed by atoms with Crippen molar-refractivity contribution in [3.63, 3.8) is 0 Å². The highest BCUT2D eigenvalue weighted by Gasteiger charge is 2.09. The van der Waals surface area contributed by atoms with Crippen molar-refractivity contribution in [1.29, 1.82) is 0 Å². The highest BCUT2D eigenvalue weighted by atomic mass is 32.1. The van der Waals surface area contributed by atoms with E-state index in [1.54, 1.807) is 0 Å². The first-order valence-corrected chi connectivity index (χ1v) is 5.76. The summed E-state index contributed by atoms with van der Waals surface area (Å²) in [5.74, 6) is -0.194. The number of thiol groups is 1. The molecule has 0 radical (unpaired) electrons. The summed E-state index contributed by atoms with van der Waals surface area (Å²) in [7, 11) is 0. The van der Waals surface area contributed by atoms with Gasteiger partial charge in [-0.3, -0.25) is 4.79 Å². The number of anilines is 1. The highest BCUT2D eigenvalue weighted by molar-refractivity contribution is 7.81. The van der Waals surface area contributed by atoms with Crippen molar-refractivity contribution in [3.8, 4) is 0 Å². The highest BCUT2D eigenvalue weighted by Crippen LogP contribution is 2.18. The third kappa shape index (κ3) is 3.83. The Kier molecular flexibility index (Phi) is 4.76. The Labute approximate surface area is 106 Å². The van der Waals surface area contributed by atoms with E-state index in [1.807, 2.05) is 38.1 Å². The predicted molar refractivity (Wildman–Crippen MR) is 72.9 cm³/mol. The van der Waals surface area contributed by atoms with Gasteiger partial charge in [-0.1, -0.05) is 26.0 Å². The van der Waals surface area contributed by atoms with Gasteiger partial charge in [0.25, 0.3) is 0 Å². The molecule has 2 N–H and O–H groups in total. The molecule has 16 heavy (non-hydrogen) atoms. The second kappa shape index (κ2) is 5.86. The maximum absolute atomic E-state index is 11.4. The molecule has 0 aliphatic rings. The first kappa shape index (κ1) is 13.0. The van der Waals surface area contributed by atoms with Crippen LogP contribution in [0.2, 0.25) is 0 Å². The zero-order valence-electron chi connectivity index (χ0n) is 9.15. The smallest absolute Gasteiger partial charge is 0.228 e. The first-order valence-electron chi connectivity index (χ1n) is 4.90. The summed E-state index contributed by atoms with van der Waals surface area (Å²) in [6.45, 7) is 3.62. The van der Waals surface area contributed by atoms with Gasteiger partial charge in [-0.25, -0.2) is 0 Å². The minimum Gasteiger partial charge on any atom is -0.331 e. The summed E-state index contributed by atoms with van der Waals surface area (Å²) in [5, 5.41) is 5.81. The van der Waals surface area contributed by atoms with Crippen LogP contribution in [0.25, 0.3) is 0 Å². The lowest BCUT2D eigenvalue weighted by molar-refractivity contribution is -0.122. The van der Waals surface area contributed by atoms with E-state index in [0.717, 1.165) is 10.6 Å². The Bertz CT molecular complexity index is 405. The molecular formula is C11H14N2OS2. The minimum absolute atomic E-state index is 0.0917. The molecule has 1 aromatic carbocycles. The monoisotopic (exact) mass is 254 g/mol. The normalized spacial score (nSPS) is 10.0. The summed E-state index contributed by atoms with van der Waals surface area (Å²) < 4.78 is 0. The fourth-order valence-corrected chi connectivity index (χ4v) is 1.42. The Morgan fingerprint density at radius 3 is 2.56 bits per heavy atom. The van der Waals surface area contributed by atoms with Crippen LogP contribution in [0, 0.1) is 5.92 Å². The van der Waals surface area contributed by atoms with E-state index in [0.29, 0.717) is 5.11 Å². The number of benzene rings is 1. The van der Waals surface area contributed by atoms with Crippen molar-refractivity contribution in [2.75, 3.05) is 5.32 Å². The van der Waals surface area contributed by atoms with Crippen LogP contribution in [0.3, 0.4) is 0 Å². The molecule has 0 spiro atoms. The van der Waals surface area contributed by atoms with Gasteiger partial charge in [0, 0.05) is 10.8 Å². The molecule has 5 heteroatoms. The molecule has 1 amide bonds. The molecule has 0 aliphatic carbocycles. The van der Waals surface area contributed by atoms with Crippen LogP contribution in [0.4, 0.5) is 5.69 Å². The number of carbonyl (C=O) groups excluding carboxylic acids is 1. The SMILES string of the molecule is CC(C)C(=O)NC(=S)Nc1ccccc1S. The average Bonchev–Trinajstić information content (AvgIpc) is 2.21. The number of hydrogen-bond donors (Lipinski definition) is 3. The van der Waals surface area contributed by atoms with Crippen LogP contribution >= 0.6 is 24.8 Å². The molecule has 0 bridgehead atoms. The van der Waals surface area contributed by atoms with Crippen molar-refractivity contribution in [2.24, 2.45) is 5.92 Å². The Morgan fingerprint density at radius 2 is 2.00 bits per heavy atom. The van der Waals surface area contributed by atoms with Gasteiger partial charge in [0.15, 0.2) is 5.11 Å².